The van der Waals surface area contributed by atoms with Crippen molar-refractivity contribution in [2.24, 2.45) is 0 Å². The van der Waals surface area contributed by atoms with Gasteiger partial charge in [0.05, 0.1) is 17.9 Å². The van der Waals surface area contributed by atoms with Gasteiger partial charge in [-0.3, -0.25) is 0 Å². The van der Waals surface area contributed by atoms with Crippen molar-refractivity contribution in [3.63, 3.8) is 0 Å². The SMILES string of the molecule is Fc1cc(Cn2cnc3c(Cl)nc(I)nc32)ccc1Cl. The van der Waals surface area contributed by atoms with E-state index in [1.54, 1.807) is 17.0 Å². The Hall–Kier alpha value is -0.990. The predicted molar refractivity (Wildman–Crippen MR) is 83.6 cm³/mol. The van der Waals surface area contributed by atoms with Gasteiger partial charge in [-0.05, 0) is 17.7 Å². The molecule has 8 heteroatoms. The number of hydrogen-bond donors (Lipinski definition) is 0. The Labute approximate surface area is 137 Å². The second kappa shape index (κ2) is 5.42. The first kappa shape index (κ1) is 14.0. The summed E-state index contributed by atoms with van der Waals surface area (Å²) in [5.74, 6) is -0.448. The van der Waals surface area contributed by atoms with Crippen LogP contribution in [0.2, 0.25) is 10.2 Å². The molecule has 0 saturated carbocycles. The largest absolute Gasteiger partial charge is 0.311 e. The van der Waals surface area contributed by atoms with Crippen molar-refractivity contribution < 1.29 is 4.39 Å². The molecule has 0 spiro atoms. The first-order valence-corrected chi connectivity index (χ1v) is 7.36. The molecule has 20 heavy (non-hydrogen) atoms. The average Bonchev–Trinajstić information content (AvgIpc) is 2.77. The topological polar surface area (TPSA) is 43.6 Å². The van der Waals surface area contributed by atoms with E-state index >= 15 is 0 Å². The molecule has 4 nitrogen and oxygen atoms in total. The van der Waals surface area contributed by atoms with Crippen molar-refractivity contribution in [2.45, 2.75) is 6.54 Å². The molecule has 3 aromatic rings. The monoisotopic (exact) mass is 422 g/mol. The van der Waals surface area contributed by atoms with Crippen LogP contribution in [-0.4, -0.2) is 19.5 Å². The van der Waals surface area contributed by atoms with Crippen LogP contribution in [0.1, 0.15) is 5.56 Å². The summed E-state index contributed by atoms with van der Waals surface area (Å²) in [5.41, 5.74) is 1.90. The number of hydrogen-bond acceptors (Lipinski definition) is 3. The van der Waals surface area contributed by atoms with Crippen molar-refractivity contribution in [1.82, 2.24) is 19.5 Å². The number of rotatable bonds is 2. The molecule has 102 valence electrons. The highest BCUT2D eigenvalue weighted by Crippen LogP contribution is 2.21. The van der Waals surface area contributed by atoms with Crippen LogP contribution >= 0.6 is 45.8 Å². The highest BCUT2D eigenvalue weighted by Gasteiger charge is 2.11. The Balaban J connectivity index is 2.04. The summed E-state index contributed by atoms with van der Waals surface area (Å²) in [4.78, 5) is 12.5. The summed E-state index contributed by atoms with van der Waals surface area (Å²) >= 11 is 13.7. The third kappa shape index (κ3) is 2.59. The fourth-order valence-electron chi connectivity index (χ4n) is 1.84. The highest BCUT2D eigenvalue weighted by atomic mass is 127. The molecule has 0 saturated heterocycles. The van der Waals surface area contributed by atoms with Crippen LogP contribution in [0.3, 0.4) is 0 Å². The number of halogens is 4. The van der Waals surface area contributed by atoms with Gasteiger partial charge in [0.1, 0.15) is 11.3 Å². The van der Waals surface area contributed by atoms with E-state index in [0.717, 1.165) is 5.56 Å². The molecule has 2 heterocycles. The fraction of sp³-hybridized carbons (Fsp3) is 0.0833. The molecule has 0 atom stereocenters. The Morgan fingerprint density at radius 2 is 2.05 bits per heavy atom. The van der Waals surface area contributed by atoms with Crippen molar-refractivity contribution >= 4 is 57.0 Å². The van der Waals surface area contributed by atoms with E-state index in [4.69, 9.17) is 23.2 Å². The maximum atomic E-state index is 13.4. The van der Waals surface area contributed by atoms with Crippen LogP contribution in [0, 0.1) is 9.65 Å². The minimum Gasteiger partial charge on any atom is -0.311 e. The van der Waals surface area contributed by atoms with Crippen molar-refractivity contribution in [3.8, 4) is 0 Å². The Morgan fingerprint density at radius 1 is 1.25 bits per heavy atom. The molecule has 0 aliphatic heterocycles. The summed E-state index contributed by atoms with van der Waals surface area (Å²) in [6, 6.07) is 4.67. The van der Waals surface area contributed by atoms with E-state index in [-0.39, 0.29) is 5.02 Å². The van der Waals surface area contributed by atoms with Gasteiger partial charge in [-0.2, -0.15) is 0 Å². The first-order valence-electron chi connectivity index (χ1n) is 5.52. The summed E-state index contributed by atoms with van der Waals surface area (Å²) in [6.07, 6.45) is 1.60. The lowest BCUT2D eigenvalue weighted by atomic mass is 10.2. The molecule has 0 N–H and O–H groups in total. The zero-order valence-electron chi connectivity index (χ0n) is 9.82. The lowest BCUT2D eigenvalue weighted by Gasteiger charge is -2.05. The van der Waals surface area contributed by atoms with Gasteiger partial charge in [-0.25, -0.2) is 19.3 Å². The number of imidazole rings is 1. The zero-order valence-corrected chi connectivity index (χ0v) is 13.5. The van der Waals surface area contributed by atoms with E-state index in [1.807, 2.05) is 22.6 Å². The van der Waals surface area contributed by atoms with Gasteiger partial charge in [0.15, 0.2) is 14.6 Å². The van der Waals surface area contributed by atoms with Gasteiger partial charge < -0.3 is 4.57 Å². The number of nitrogens with zero attached hydrogens (tertiary/aromatic N) is 4. The minimum atomic E-state index is -0.448. The molecule has 0 aliphatic rings. The van der Waals surface area contributed by atoms with E-state index in [9.17, 15) is 4.39 Å². The van der Waals surface area contributed by atoms with Crippen molar-refractivity contribution in [3.05, 3.63) is 49.9 Å². The molecule has 3 rings (SSSR count). The second-order valence-corrected chi connectivity index (χ2v) is 5.81. The molecule has 0 fully saturated rings. The van der Waals surface area contributed by atoms with E-state index in [2.05, 4.69) is 15.0 Å². The Bertz CT molecular complexity index is 805. The van der Waals surface area contributed by atoms with Gasteiger partial charge >= 0.3 is 0 Å². The molecule has 0 bridgehead atoms. The lowest BCUT2D eigenvalue weighted by Crippen LogP contribution is -2.01. The highest BCUT2D eigenvalue weighted by molar-refractivity contribution is 14.1. The number of fused-ring (bicyclic) bond motifs is 1. The van der Waals surface area contributed by atoms with E-state index < -0.39 is 5.82 Å². The van der Waals surface area contributed by atoms with Gasteiger partial charge in [-0.15, -0.1) is 0 Å². The zero-order chi connectivity index (χ0) is 14.3. The van der Waals surface area contributed by atoms with Crippen LogP contribution in [-0.2, 0) is 6.54 Å². The second-order valence-electron chi connectivity index (χ2n) is 4.08. The van der Waals surface area contributed by atoms with E-state index in [1.165, 1.54) is 12.1 Å². The molecular formula is C12H6Cl2FIN4. The van der Waals surface area contributed by atoms with Gasteiger partial charge in [0.2, 0.25) is 0 Å². The average molecular weight is 423 g/mol. The lowest BCUT2D eigenvalue weighted by molar-refractivity contribution is 0.624. The van der Waals surface area contributed by atoms with Crippen LogP contribution in [0.15, 0.2) is 24.5 Å². The number of aromatic nitrogens is 4. The van der Waals surface area contributed by atoms with Crippen LogP contribution in [0.5, 0.6) is 0 Å². The summed E-state index contributed by atoms with van der Waals surface area (Å²) in [7, 11) is 0. The van der Waals surface area contributed by atoms with Crippen molar-refractivity contribution in [1.29, 1.82) is 0 Å². The van der Waals surface area contributed by atoms with Gasteiger partial charge in [0, 0.05) is 22.6 Å². The van der Waals surface area contributed by atoms with Crippen molar-refractivity contribution in [2.75, 3.05) is 0 Å². The standard InChI is InChI=1S/C12H6Cl2FIN4/c13-7-2-1-6(3-8(7)15)4-20-5-17-9-10(14)18-12(16)19-11(9)20/h1-3,5H,4H2. The maximum absolute atomic E-state index is 13.4. The summed E-state index contributed by atoms with van der Waals surface area (Å²) < 4.78 is 15.8. The van der Waals surface area contributed by atoms with Crippen LogP contribution < -0.4 is 0 Å². The maximum Gasteiger partial charge on any atom is 0.194 e. The third-order valence-electron chi connectivity index (χ3n) is 2.73. The van der Waals surface area contributed by atoms with Gasteiger partial charge in [0.25, 0.3) is 0 Å². The molecule has 0 amide bonds. The minimum absolute atomic E-state index is 0.101. The van der Waals surface area contributed by atoms with E-state index in [0.29, 0.717) is 26.7 Å². The summed E-state index contributed by atoms with van der Waals surface area (Å²) in [6.45, 7) is 0.425. The molecule has 0 aliphatic carbocycles. The van der Waals surface area contributed by atoms with Crippen LogP contribution in [0.4, 0.5) is 4.39 Å². The Kier molecular flexibility index (Phi) is 3.78. The quantitative estimate of drug-likeness (QED) is 0.357. The molecule has 0 unspecified atom stereocenters. The van der Waals surface area contributed by atoms with Gasteiger partial charge in [-0.1, -0.05) is 29.3 Å². The normalized spacial score (nSPS) is 11.2. The summed E-state index contributed by atoms with van der Waals surface area (Å²) in [5, 5.41) is 0.407. The molecule has 1 aromatic carbocycles. The third-order valence-corrected chi connectivity index (χ3v) is 3.78. The smallest absolute Gasteiger partial charge is 0.194 e. The molecule has 2 aromatic heterocycles. The molecule has 0 radical (unpaired) electrons. The molecular weight excluding hydrogens is 417 g/mol. The number of benzene rings is 1. The Morgan fingerprint density at radius 3 is 2.80 bits per heavy atom. The first-order chi connectivity index (χ1) is 9.54. The fourth-order valence-corrected chi connectivity index (χ4v) is 2.78. The van der Waals surface area contributed by atoms with Crippen LogP contribution in [0.25, 0.3) is 11.2 Å². The predicted octanol–water partition coefficient (Wildman–Crippen LogP) is 3.93.